The number of likely N-dealkylation sites (tertiary alicyclic amines) is 1. The third kappa shape index (κ3) is 3.84. The molecule has 25 heavy (non-hydrogen) atoms. The topological polar surface area (TPSA) is 41.3 Å². The van der Waals surface area contributed by atoms with Crippen LogP contribution in [0, 0.1) is 5.92 Å². The Kier molecular flexibility index (Phi) is 4.97. The average Bonchev–Trinajstić information content (AvgIpc) is 3.35. The molecule has 0 saturated carbocycles. The number of benzene rings is 1. The summed E-state index contributed by atoms with van der Waals surface area (Å²) in [6.45, 7) is 2.99. The predicted molar refractivity (Wildman–Crippen MR) is 101 cm³/mol. The van der Waals surface area contributed by atoms with E-state index in [0.29, 0.717) is 5.92 Å². The van der Waals surface area contributed by atoms with Gasteiger partial charge in [0.15, 0.2) is 0 Å². The molecule has 2 aromatic heterocycles. The molecule has 1 aromatic carbocycles. The van der Waals surface area contributed by atoms with Crippen molar-refractivity contribution < 1.29 is 5.11 Å². The summed E-state index contributed by atoms with van der Waals surface area (Å²) >= 11 is 1.65. The minimum absolute atomic E-state index is 0.303. The Morgan fingerprint density at radius 1 is 1.12 bits per heavy atom. The molecule has 0 amide bonds. The maximum atomic E-state index is 10.5. The number of hydrogen-bond donors (Lipinski definition) is 1. The SMILES string of the molecule is O[C@@H](c1cccs1)C1CCN(Cc2cnn(-c3ccccc3)c2)CC1. The highest BCUT2D eigenvalue weighted by molar-refractivity contribution is 7.10. The van der Waals surface area contributed by atoms with Crippen LogP contribution in [0.5, 0.6) is 0 Å². The molecule has 1 N–H and O–H groups in total. The highest BCUT2D eigenvalue weighted by atomic mass is 32.1. The molecular formula is C20H23N3OS. The Balaban J connectivity index is 1.32. The fourth-order valence-corrected chi connectivity index (χ4v) is 4.34. The predicted octanol–water partition coefficient (Wildman–Crippen LogP) is 3.88. The lowest BCUT2D eigenvalue weighted by Gasteiger charge is -2.33. The van der Waals surface area contributed by atoms with Crippen molar-refractivity contribution in [2.75, 3.05) is 13.1 Å². The molecule has 0 bridgehead atoms. The van der Waals surface area contributed by atoms with Crippen molar-refractivity contribution in [2.45, 2.75) is 25.5 Å². The smallest absolute Gasteiger partial charge is 0.0910 e. The summed E-state index contributed by atoms with van der Waals surface area (Å²) in [5, 5.41) is 17.0. The van der Waals surface area contributed by atoms with Crippen LogP contribution in [-0.2, 0) is 6.54 Å². The zero-order valence-electron chi connectivity index (χ0n) is 14.2. The van der Waals surface area contributed by atoms with Gasteiger partial charge in [0.25, 0.3) is 0 Å². The highest BCUT2D eigenvalue weighted by Crippen LogP contribution is 2.33. The number of aliphatic hydroxyl groups is 1. The molecule has 130 valence electrons. The molecule has 1 aliphatic rings. The van der Waals surface area contributed by atoms with Gasteiger partial charge in [0.2, 0.25) is 0 Å². The first-order valence-corrected chi connectivity index (χ1v) is 9.70. The van der Waals surface area contributed by atoms with Gasteiger partial charge in [0.05, 0.1) is 18.0 Å². The molecule has 0 aliphatic carbocycles. The standard InChI is InChI=1S/C20H23N3OS/c24-20(19-7-4-12-25-19)17-8-10-22(11-9-17)14-16-13-21-23(15-16)18-5-2-1-3-6-18/h1-7,12-13,15,17,20,24H,8-11,14H2/t20-/m1/s1. The van der Waals surface area contributed by atoms with Crippen LogP contribution in [0.2, 0.25) is 0 Å². The minimum Gasteiger partial charge on any atom is -0.387 e. The molecule has 3 heterocycles. The first kappa shape index (κ1) is 16.5. The summed E-state index contributed by atoms with van der Waals surface area (Å²) in [6, 6.07) is 14.3. The second-order valence-corrected chi connectivity index (χ2v) is 7.68. The van der Waals surface area contributed by atoms with E-state index in [4.69, 9.17) is 0 Å². The second kappa shape index (κ2) is 7.52. The molecule has 0 spiro atoms. The van der Waals surface area contributed by atoms with E-state index in [1.54, 1.807) is 11.3 Å². The number of rotatable bonds is 5. The fourth-order valence-electron chi connectivity index (χ4n) is 3.54. The monoisotopic (exact) mass is 353 g/mol. The van der Waals surface area contributed by atoms with Gasteiger partial charge in [-0.2, -0.15) is 5.10 Å². The summed E-state index contributed by atoms with van der Waals surface area (Å²) < 4.78 is 1.93. The van der Waals surface area contributed by atoms with E-state index < -0.39 is 0 Å². The van der Waals surface area contributed by atoms with E-state index in [2.05, 4.69) is 28.3 Å². The van der Waals surface area contributed by atoms with Crippen molar-refractivity contribution in [1.82, 2.24) is 14.7 Å². The van der Waals surface area contributed by atoms with Crippen LogP contribution in [0.3, 0.4) is 0 Å². The van der Waals surface area contributed by atoms with E-state index in [9.17, 15) is 5.11 Å². The Labute approximate surface area is 152 Å². The minimum atomic E-state index is -0.303. The van der Waals surface area contributed by atoms with Crippen LogP contribution in [0.4, 0.5) is 0 Å². The number of hydrogen-bond acceptors (Lipinski definition) is 4. The van der Waals surface area contributed by atoms with E-state index in [1.165, 1.54) is 5.56 Å². The van der Waals surface area contributed by atoms with Crippen molar-refractivity contribution in [2.24, 2.45) is 5.92 Å². The van der Waals surface area contributed by atoms with E-state index in [0.717, 1.165) is 43.0 Å². The molecule has 1 aliphatic heterocycles. The lowest BCUT2D eigenvalue weighted by molar-refractivity contribution is 0.0591. The molecule has 0 unspecified atom stereocenters. The van der Waals surface area contributed by atoms with Crippen LogP contribution in [0.1, 0.15) is 29.4 Å². The van der Waals surface area contributed by atoms with Crippen molar-refractivity contribution in [1.29, 1.82) is 0 Å². The summed E-state index contributed by atoms with van der Waals surface area (Å²) in [4.78, 5) is 3.56. The number of aromatic nitrogens is 2. The van der Waals surface area contributed by atoms with Gasteiger partial charge in [-0.15, -0.1) is 11.3 Å². The first-order valence-electron chi connectivity index (χ1n) is 8.82. The van der Waals surface area contributed by atoms with Crippen molar-refractivity contribution >= 4 is 11.3 Å². The van der Waals surface area contributed by atoms with Crippen molar-refractivity contribution in [3.8, 4) is 5.69 Å². The summed E-state index contributed by atoms with van der Waals surface area (Å²) in [5.41, 5.74) is 2.33. The second-order valence-electron chi connectivity index (χ2n) is 6.70. The van der Waals surface area contributed by atoms with Gasteiger partial charge in [-0.25, -0.2) is 4.68 Å². The zero-order valence-corrected chi connectivity index (χ0v) is 15.0. The third-order valence-corrected chi connectivity index (χ3v) is 5.92. The van der Waals surface area contributed by atoms with Crippen LogP contribution >= 0.6 is 11.3 Å². The van der Waals surface area contributed by atoms with Gasteiger partial charge >= 0.3 is 0 Å². The Morgan fingerprint density at radius 2 is 1.92 bits per heavy atom. The highest BCUT2D eigenvalue weighted by Gasteiger charge is 2.26. The van der Waals surface area contributed by atoms with Gasteiger partial charge in [-0.1, -0.05) is 24.3 Å². The molecule has 1 saturated heterocycles. The Hall–Kier alpha value is -1.95. The van der Waals surface area contributed by atoms with Crippen molar-refractivity contribution in [3.63, 3.8) is 0 Å². The van der Waals surface area contributed by atoms with Gasteiger partial charge in [0, 0.05) is 23.2 Å². The van der Waals surface area contributed by atoms with Gasteiger partial charge in [0.1, 0.15) is 0 Å². The number of para-hydroxylation sites is 1. The van der Waals surface area contributed by atoms with E-state index >= 15 is 0 Å². The Morgan fingerprint density at radius 3 is 2.64 bits per heavy atom. The van der Waals surface area contributed by atoms with Crippen molar-refractivity contribution in [3.05, 3.63) is 70.7 Å². The normalized spacial score (nSPS) is 17.6. The summed E-state index contributed by atoms with van der Waals surface area (Å²) in [6.07, 6.45) is 5.86. The number of nitrogens with zero attached hydrogens (tertiary/aromatic N) is 3. The van der Waals surface area contributed by atoms with E-state index in [-0.39, 0.29) is 6.10 Å². The summed E-state index contributed by atoms with van der Waals surface area (Å²) in [5.74, 6) is 0.377. The first-order chi connectivity index (χ1) is 12.3. The Bertz CT molecular complexity index is 776. The maximum absolute atomic E-state index is 10.5. The number of thiophene rings is 1. The third-order valence-electron chi connectivity index (χ3n) is 4.98. The van der Waals surface area contributed by atoms with Gasteiger partial charge < -0.3 is 5.11 Å². The molecule has 5 heteroatoms. The van der Waals surface area contributed by atoms with Gasteiger partial charge in [-0.3, -0.25) is 4.90 Å². The van der Waals surface area contributed by atoms with Crippen LogP contribution in [-0.4, -0.2) is 32.9 Å². The van der Waals surface area contributed by atoms with E-state index in [1.807, 2.05) is 46.6 Å². The number of piperidine rings is 1. The quantitative estimate of drug-likeness (QED) is 0.757. The average molecular weight is 353 g/mol. The fraction of sp³-hybridized carbons (Fsp3) is 0.350. The van der Waals surface area contributed by atoms with Crippen LogP contribution in [0.25, 0.3) is 5.69 Å². The molecule has 4 rings (SSSR count). The largest absolute Gasteiger partial charge is 0.387 e. The molecule has 3 aromatic rings. The molecule has 0 radical (unpaired) electrons. The zero-order chi connectivity index (χ0) is 17.1. The van der Waals surface area contributed by atoms with Crippen LogP contribution < -0.4 is 0 Å². The maximum Gasteiger partial charge on any atom is 0.0910 e. The summed E-state index contributed by atoms with van der Waals surface area (Å²) in [7, 11) is 0. The number of aliphatic hydroxyl groups excluding tert-OH is 1. The molecular weight excluding hydrogens is 330 g/mol. The lowest BCUT2D eigenvalue weighted by atomic mass is 9.90. The molecule has 4 nitrogen and oxygen atoms in total. The molecule has 1 atom stereocenters. The molecule has 1 fully saturated rings. The van der Waals surface area contributed by atoms with Gasteiger partial charge in [-0.05, 0) is 55.4 Å². The van der Waals surface area contributed by atoms with Crippen LogP contribution in [0.15, 0.2) is 60.2 Å². The lowest BCUT2D eigenvalue weighted by Crippen LogP contribution is -2.35.